The highest BCUT2D eigenvalue weighted by Crippen LogP contribution is 2.22. The van der Waals surface area contributed by atoms with Gasteiger partial charge < -0.3 is 14.9 Å². The summed E-state index contributed by atoms with van der Waals surface area (Å²) in [6.07, 6.45) is -0.402. The normalized spacial score (nSPS) is 13.6. The molecule has 0 aliphatic carbocycles. The van der Waals surface area contributed by atoms with Crippen LogP contribution in [0.25, 0.3) is 0 Å². The van der Waals surface area contributed by atoms with E-state index in [9.17, 15) is 5.11 Å². The molecule has 1 aromatic rings. The maximum Gasteiger partial charge on any atom is 0.0842 e. The van der Waals surface area contributed by atoms with Gasteiger partial charge >= 0.3 is 0 Å². The van der Waals surface area contributed by atoms with Gasteiger partial charge in [-0.15, -0.1) is 0 Å². The number of rotatable bonds is 6. The number of aliphatic hydroxyl groups excluding tert-OH is 1. The molecule has 1 aromatic carbocycles. The molecule has 1 atom stereocenters. The number of hydrogen-bond acceptors (Lipinski definition) is 3. The predicted molar refractivity (Wildman–Crippen MR) is 72.0 cm³/mol. The van der Waals surface area contributed by atoms with Gasteiger partial charge in [-0.2, -0.15) is 0 Å². The van der Waals surface area contributed by atoms with Crippen LogP contribution >= 0.6 is 0 Å². The molecule has 0 amide bonds. The summed E-state index contributed by atoms with van der Waals surface area (Å²) in [4.78, 5) is 4.25. The van der Waals surface area contributed by atoms with E-state index in [1.165, 1.54) is 0 Å². The van der Waals surface area contributed by atoms with Gasteiger partial charge in [0.2, 0.25) is 0 Å². The van der Waals surface area contributed by atoms with Crippen LogP contribution in [0.4, 0.5) is 0 Å². The van der Waals surface area contributed by atoms with E-state index >= 15 is 0 Å². The Morgan fingerprint density at radius 2 is 1.41 bits per heavy atom. The van der Waals surface area contributed by atoms with Crippen LogP contribution in [-0.2, 0) is 0 Å². The highest BCUT2D eigenvalue weighted by molar-refractivity contribution is 5.18. The van der Waals surface area contributed by atoms with Crippen molar-refractivity contribution in [1.82, 2.24) is 9.80 Å². The number of benzene rings is 1. The number of hydrogen-bond donors (Lipinski definition) is 1. The summed E-state index contributed by atoms with van der Waals surface area (Å²) in [5, 5.41) is 10.4. The van der Waals surface area contributed by atoms with Crippen LogP contribution in [-0.4, -0.2) is 56.2 Å². The molecule has 17 heavy (non-hydrogen) atoms. The van der Waals surface area contributed by atoms with Gasteiger partial charge in [-0.1, -0.05) is 30.3 Å². The van der Waals surface area contributed by atoms with E-state index in [1.807, 2.05) is 58.5 Å². The predicted octanol–water partition coefficient (Wildman–Crippen LogP) is 1.46. The molecule has 3 nitrogen and oxygen atoms in total. The van der Waals surface area contributed by atoms with Crippen molar-refractivity contribution in [1.29, 1.82) is 0 Å². The molecule has 0 saturated carbocycles. The third kappa shape index (κ3) is 4.86. The van der Waals surface area contributed by atoms with Crippen molar-refractivity contribution in [2.45, 2.75) is 6.10 Å². The molecule has 0 aliphatic heterocycles. The molecule has 3 heteroatoms. The Balaban J connectivity index is 2.75. The van der Waals surface area contributed by atoms with Crippen LogP contribution < -0.4 is 0 Å². The van der Waals surface area contributed by atoms with E-state index in [0.29, 0.717) is 0 Å². The van der Waals surface area contributed by atoms with Crippen molar-refractivity contribution in [3.63, 3.8) is 0 Å². The number of nitrogens with zero attached hydrogens (tertiary/aromatic N) is 2. The molecular formula is C14H24N2O. The van der Waals surface area contributed by atoms with Crippen molar-refractivity contribution < 1.29 is 5.11 Å². The topological polar surface area (TPSA) is 26.7 Å². The Morgan fingerprint density at radius 3 is 1.82 bits per heavy atom. The summed E-state index contributed by atoms with van der Waals surface area (Å²) < 4.78 is 0. The minimum atomic E-state index is -0.402. The Bertz CT molecular complexity index is 301. The van der Waals surface area contributed by atoms with E-state index in [2.05, 4.69) is 9.80 Å². The van der Waals surface area contributed by atoms with E-state index in [1.54, 1.807) is 0 Å². The molecule has 0 bridgehead atoms. The third-order valence-electron chi connectivity index (χ3n) is 2.79. The summed E-state index contributed by atoms with van der Waals surface area (Å²) >= 11 is 0. The lowest BCUT2D eigenvalue weighted by Crippen LogP contribution is -2.34. The van der Waals surface area contributed by atoms with Gasteiger partial charge in [0.05, 0.1) is 6.10 Å². The highest BCUT2D eigenvalue weighted by atomic mass is 16.3. The quantitative estimate of drug-likeness (QED) is 0.810. The third-order valence-corrected chi connectivity index (χ3v) is 2.79. The van der Waals surface area contributed by atoms with Crippen LogP contribution in [0.15, 0.2) is 30.3 Å². The Labute approximate surface area is 105 Å². The first-order chi connectivity index (χ1) is 8.00. The molecule has 1 N–H and O–H groups in total. The Morgan fingerprint density at radius 1 is 0.941 bits per heavy atom. The maximum atomic E-state index is 10.4. The minimum absolute atomic E-state index is 0.224. The van der Waals surface area contributed by atoms with Gasteiger partial charge in [0, 0.05) is 19.0 Å². The second kappa shape index (κ2) is 6.74. The van der Waals surface area contributed by atoms with Crippen molar-refractivity contribution in [2.75, 3.05) is 41.3 Å². The van der Waals surface area contributed by atoms with Crippen molar-refractivity contribution in [3.05, 3.63) is 35.9 Å². The summed E-state index contributed by atoms with van der Waals surface area (Å²) in [7, 11) is 8.17. The summed E-state index contributed by atoms with van der Waals surface area (Å²) in [5.41, 5.74) is 1.00. The molecule has 0 fully saturated rings. The van der Waals surface area contributed by atoms with Gasteiger partial charge in [-0.05, 0) is 33.8 Å². The van der Waals surface area contributed by atoms with Crippen LogP contribution in [0.5, 0.6) is 0 Å². The first-order valence-corrected chi connectivity index (χ1v) is 6.03. The zero-order valence-corrected chi connectivity index (χ0v) is 11.3. The van der Waals surface area contributed by atoms with E-state index in [4.69, 9.17) is 0 Å². The fourth-order valence-corrected chi connectivity index (χ4v) is 2.12. The lowest BCUT2D eigenvalue weighted by atomic mass is 9.95. The van der Waals surface area contributed by atoms with Crippen LogP contribution in [0.3, 0.4) is 0 Å². The monoisotopic (exact) mass is 236 g/mol. The van der Waals surface area contributed by atoms with E-state index in [-0.39, 0.29) is 5.92 Å². The summed E-state index contributed by atoms with van der Waals surface area (Å²) in [6, 6.07) is 9.90. The zero-order valence-electron chi connectivity index (χ0n) is 11.3. The van der Waals surface area contributed by atoms with Crippen molar-refractivity contribution in [2.24, 2.45) is 5.92 Å². The van der Waals surface area contributed by atoms with Gasteiger partial charge in [-0.3, -0.25) is 0 Å². The molecule has 0 saturated heterocycles. The first kappa shape index (κ1) is 14.2. The molecule has 0 spiro atoms. The second-order valence-electron chi connectivity index (χ2n) is 5.14. The first-order valence-electron chi connectivity index (χ1n) is 6.03. The average Bonchev–Trinajstić information content (AvgIpc) is 2.27. The van der Waals surface area contributed by atoms with Crippen LogP contribution in [0.1, 0.15) is 11.7 Å². The largest absolute Gasteiger partial charge is 0.388 e. The summed E-state index contributed by atoms with van der Waals surface area (Å²) in [5.74, 6) is 0.224. The molecule has 0 aliphatic rings. The standard InChI is InChI=1S/C14H24N2O/c1-15(2)10-13(11-16(3)4)14(17)12-8-6-5-7-9-12/h5-9,13-14,17H,10-11H2,1-4H3/t14-/m1/s1. The molecule has 1 rings (SSSR count). The highest BCUT2D eigenvalue weighted by Gasteiger charge is 2.22. The fraction of sp³-hybridized carbons (Fsp3) is 0.571. The van der Waals surface area contributed by atoms with E-state index in [0.717, 1.165) is 18.7 Å². The SMILES string of the molecule is CN(C)CC(CN(C)C)[C@H](O)c1ccccc1. The smallest absolute Gasteiger partial charge is 0.0842 e. The Hall–Kier alpha value is -0.900. The van der Waals surface area contributed by atoms with Gasteiger partial charge in [0.1, 0.15) is 0 Å². The van der Waals surface area contributed by atoms with Gasteiger partial charge in [0.25, 0.3) is 0 Å². The van der Waals surface area contributed by atoms with Crippen molar-refractivity contribution in [3.8, 4) is 0 Å². The fourth-order valence-electron chi connectivity index (χ4n) is 2.12. The maximum absolute atomic E-state index is 10.4. The second-order valence-corrected chi connectivity index (χ2v) is 5.14. The molecule has 0 heterocycles. The van der Waals surface area contributed by atoms with Gasteiger partial charge in [0.15, 0.2) is 0 Å². The molecule has 0 radical (unpaired) electrons. The van der Waals surface area contributed by atoms with E-state index < -0.39 is 6.10 Å². The average molecular weight is 236 g/mol. The lowest BCUT2D eigenvalue weighted by Gasteiger charge is -2.28. The van der Waals surface area contributed by atoms with Crippen LogP contribution in [0.2, 0.25) is 0 Å². The minimum Gasteiger partial charge on any atom is -0.388 e. The Kier molecular flexibility index (Phi) is 5.62. The van der Waals surface area contributed by atoms with Crippen LogP contribution in [0, 0.1) is 5.92 Å². The van der Waals surface area contributed by atoms with Gasteiger partial charge in [-0.25, -0.2) is 0 Å². The number of aliphatic hydroxyl groups is 1. The zero-order chi connectivity index (χ0) is 12.8. The van der Waals surface area contributed by atoms with Crippen molar-refractivity contribution >= 4 is 0 Å². The molecular weight excluding hydrogens is 212 g/mol. The summed E-state index contributed by atoms with van der Waals surface area (Å²) in [6.45, 7) is 1.77. The molecule has 96 valence electrons. The molecule has 0 aromatic heterocycles. The lowest BCUT2D eigenvalue weighted by molar-refractivity contribution is 0.0735. The molecule has 0 unspecified atom stereocenters.